The molecule has 1 N–H and O–H groups in total. The smallest absolute Gasteiger partial charge is 0.0270 e. The highest BCUT2D eigenvalue weighted by atomic mass is 15.2. The molecular formula is C18H29N3. The molecule has 116 valence electrons. The van der Waals surface area contributed by atoms with E-state index in [1.807, 2.05) is 12.4 Å². The standard InChI is InChI=1S/C18H29N3/c1-14(2)21-12-16-4-3-5-17(13-21)18(16)20-11-8-15-6-9-19-10-7-15/h6-7,9-10,14,16-18,20H,3-5,8,11-13H2,1-2H3. The van der Waals surface area contributed by atoms with Gasteiger partial charge in [-0.2, -0.15) is 0 Å². The van der Waals surface area contributed by atoms with Gasteiger partial charge in [0.15, 0.2) is 0 Å². The van der Waals surface area contributed by atoms with E-state index >= 15 is 0 Å². The molecule has 2 heterocycles. The molecule has 1 saturated heterocycles. The minimum absolute atomic E-state index is 0.700. The first kappa shape index (κ1) is 15.0. The van der Waals surface area contributed by atoms with Crippen LogP contribution in [0.5, 0.6) is 0 Å². The lowest BCUT2D eigenvalue weighted by molar-refractivity contribution is 0.0300. The predicted molar refractivity (Wildman–Crippen MR) is 87.3 cm³/mol. The Balaban J connectivity index is 1.53. The van der Waals surface area contributed by atoms with Gasteiger partial charge in [0.1, 0.15) is 0 Å². The lowest BCUT2D eigenvalue weighted by Crippen LogP contribution is -2.58. The van der Waals surface area contributed by atoms with Gasteiger partial charge >= 0.3 is 0 Å². The van der Waals surface area contributed by atoms with Crippen LogP contribution >= 0.6 is 0 Å². The summed E-state index contributed by atoms with van der Waals surface area (Å²) >= 11 is 0. The molecule has 0 amide bonds. The molecule has 2 aliphatic rings. The molecule has 0 aromatic carbocycles. The van der Waals surface area contributed by atoms with Crippen LogP contribution in [0.2, 0.25) is 0 Å². The molecule has 3 nitrogen and oxygen atoms in total. The second-order valence-corrected chi connectivity index (χ2v) is 7.08. The Morgan fingerprint density at radius 2 is 1.86 bits per heavy atom. The van der Waals surface area contributed by atoms with E-state index in [1.54, 1.807) is 0 Å². The highest BCUT2D eigenvalue weighted by Gasteiger charge is 2.39. The van der Waals surface area contributed by atoms with Crippen molar-refractivity contribution in [3.05, 3.63) is 30.1 Å². The first-order valence-electron chi connectivity index (χ1n) is 8.60. The Bertz CT molecular complexity index is 417. The molecule has 0 radical (unpaired) electrons. The van der Waals surface area contributed by atoms with Crippen LogP contribution in [0.1, 0.15) is 38.7 Å². The largest absolute Gasteiger partial charge is 0.313 e. The van der Waals surface area contributed by atoms with Crippen molar-refractivity contribution < 1.29 is 0 Å². The average Bonchev–Trinajstić information content (AvgIpc) is 2.47. The highest BCUT2D eigenvalue weighted by molar-refractivity contribution is 5.10. The van der Waals surface area contributed by atoms with Gasteiger partial charge in [0, 0.05) is 37.6 Å². The van der Waals surface area contributed by atoms with Crippen LogP contribution in [-0.2, 0) is 6.42 Å². The quantitative estimate of drug-likeness (QED) is 0.902. The van der Waals surface area contributed by atoms with Crippen LogP contribution < -0.4 is 5.32 Å². The fourth-order valence-electron chi connectivity index (χ4n) is 4.16. The minimum atomic E-state index is 0.700. The van der Waals surface area contributed by atoms with E-state index in [9.17, 15) is 0 Å². The van der Waals surface area contributed by atoms with Crippen molar-refractivity contribution in [1.82, 2.24) is 15.2 Å². The molecule has 2 atom stereocenters. The van der Waals surface area contributed by atoms with Crippen molar-refractivity contribution in [3.8, 4) is 0 Å². The van der Waals surface area contributed by atoms with E-state index in [0.717, 1.165) is 30.8 Å². The number of likely N-dealkylation sites (tertiary alicyclic amines) is 1. The zero-order valence-corrected chi connectivity index (χ0v) is 13.5. The third-order valence-electron chi connectivity index (χ3n) is 5.38. The van der Waals surface area contributed by atoms with Gasteiger partial charge in [-0.15, -0.1) is 0 Å². The zero-order valence-electron chi connectivity index (χ0n) is 13.5. The van der Waals surface area contributed by atoms with Gasteiger partial charge in [-0.1, -0.05) is 6.42 Å². The molecule has 1 aliphatic heterocycles. The molecule has 3 rings (SSSR count). The maximum Gasteiger partial charge on any atom is 0.0270 e. The van der Waals surface area contributed by atoms with Crippen molar-refractivity contribution in [2.24, 2.45) is 11.8 Å². The highest BCUT2D eigenvalue weighted by Crippen LogP contribution is 2.35. The number of hydrogen-bond acceptors (Lipinski definition) is 3. The molecule has 1 aromatic rings. The summed E-state index contributed by atoms with van der Waals surface area (Å²) in [7, 11) is 0. The van der Waals surface area contributed by atoms with Crippen molar-refractivity contribution in [2.75, 3.05) is 19.6 Å². The number of piperidine rings is 1. The molecule has 1 saturated carbocycles. The number of aromatic nitrogens is 1. The van der Waals surface area contributed by atoms with Crippen LogP contribution in [-0.4, -0.2) is 41.6 Å². The Kier molecular flexibility index (Phi) is 4.91. The van der Waals surface area contributed by atoms with Crippen molar-refractivity contribution in [3.63, 3.8) is 0 Å². The molecular weight excluding hydrogens is 258 g/mol. The minimum Gasteiger partial charge on any atom is -0.313 e. The Hall–Kier alpha value is -0.930. The van der Waals surface area contributed by atoms with Crippen molar-refractivity contribution in [1.29, 1.82) is 0 Å². The monoisotopic (exact) mass is 287 g/mol. The molecule has 2 bridgehead atoms. The van der Waals surface area contributed by atoms with Gasteiger partial charge < -0.3 is 10.2 Å². The predicted octanol–water partition coefficient (Wildman–Crippen LogP) is 2.72. The Labute approximate surface area is 129 Å². The van der Waals surface area contributed by atoms with Gasteiger partial charge in [0.2, 0.25) is 0 Å². The van der Waals surface area contributed by atoms with Gasteiger partial charge in [-0.25, -0.2) is 0 Å². The van der Waals surface area contributed by atoms with Crippen LogP contribution in [0.3, 0.4) is 0 Å². The van der Waals surface area contributed by atoms with Crippen LogP contribution in [0.4, 0.5) is 0 Å². The van der Waals surface area contributed by atoms with E-state index in [1.165, 1.54) is 37.9 Å². The van der Waals surface area contributed by atoms with Crippen molar-refractivity contribution >= 4 is 0 Å². The van der Waals surface area contributed by atoms with Gasteiger partial charge in [0.05, 0.1) is 0 Å². The van der Waals surface area contributed by atoms with E-state index in [0.29, 0.717) is 6.04 Å². The SMILES string of the molecule is CC(C)N1CC2CCCC(C1)C2NCCc1ccncc1. The summed E-state index contributed by atoms with van der Waals surface area (Å²) in [6, 6.07) is 5.70. The fraction of sp³-hybridized carbons (Fsp3) is 0.722. The summed E-state index contributed by atoms with van der Waals surface area (Å²) < 4.78 is 0. The summed E-state index contributed by atoms with van der Waals surface area (Å²) in [5.74, 6) is 1.72. The third-order valence-corrected chi connectivity index (χ3v) is 5.38. The average molecular weight is 287 g/mol. The number of hydrogen-bond donors (Lipinski definition) is 1. The number of rotatable bonds is 5. The lowest BCUT2D eigenvalue weighted by Gasteiger charge is -2.49. The summed E-state index contributed by atoms with van der Waals surface area (Å²) in [5.41, 5.74) is 1.39. The lowest BCUT2D eigenvalue weighted by atomic mass is 9.73. The molecule has 0 spiro atoms. The van der Waals surface area contributed by atoms with Gasteiger partial charge in [-0.05, 0) is 69.2 Å². The Morgan fingerprint density at radius 1 is 1.19 bits per heavy atom. The van der Waals surface area contributed by atoms with Gasteiger partial charge in [0.25, 0.3) is 0 Å². The van der Waals surface area contributed by atoms with Crippen LogP contribution in [0.25, 0.3) is 0 Å². The van der Waals surface area contributed by atoms with E-state index in [4.69, 9.17) is 0 Å². The first-order chi connectivity index (χ1) is 10.2. The second kappa shape index (κ2) is 6.89. The number of fused-ring (bicyclic) bond motifs is 2. The van der Waals surface area contributed by atoms with Crippen LogP contribution in [0, 0.1) is 11.8 Å². The van der Waals surface area contributed by atoms with Crippen LogP contribution in [0.15, 0.2) is 24.5 Å². The molecule has 1 aliphatic carbocycles. The van der Waals surface area contributed by atoms with E-state index in [2.05, 4.69) is 41.2 Å². The Morgan fingerprint density at radius 3 is 2.48 bits per heavy atom. The summed E-state index contributed by atoms with van der Waals surface area (Å²) in [6.07, 6.45) is 9.16. The molecule has 3 heteroatoms. The summed E-state index contributed by atoms with van der Waals surface area (Å²) in [6.45, 7) is 8.37. The van der Waals surface area contributed by atoms with E-state index < -0.39 is 0 Å². The molecule has 2 fully saturated rings. The molecule has 1 aromatic heterocycles. The molecule has 21 heavy (non-hydrogen) atoms. The molecule has 2 unspecified atom stereocenters. The van der Waals surface area contributed by atoms with Crippen molar-refractivity contribution in [2.45, 2.75) is 51.6 Å². The number of pyridine rings is 1. The first-order valence-corrected chi connectivity index (χ1v) is 8.60. The third kappa shape index (κ3) is 3.64. The maximum atomic E-state index is 4.09. The maximum absolute atomic E-state index is 4.09. The summed E-state index contributed by atoms with van der Waals surface area (Å²) in [4.78, 5) is 6.78. The fourth-order valence-corrected chi connectivity index (χ4v) is 4.16. The topological polar surface area (TPSA) is 28.2 Å². The zero-order chi connectivity index (χ0) is 14.7. The second-order valence-electron chi connectivity index (χ2n) is 7.08. The van der Waals surface area contributed by atoms with Gasteiger partial charge in [-0.3, -0.25) is 4.98 Å². The number of nitrogens with one attached hydrogen (secondary N) is 1. The normalized spacial score (nSPS) is 29.8. The van der Waals surface area contributed by atoms with E-state index in [-0.39, 0.29) is 0 Å². The number of nitrogens with zero attached hydrogens (tertiary/aromatic N) is 2. The summed E-state index contributed by atoms with van der Waals surface area (Å²) in [5, 5.41) is 3.88.